The van der Waals surface area contributed by atoms with Crippen molar-refractivity contribution in [2.75, 3.05) is 27.4 Å². The first kappa shape index (κ1) is 27.7. The molecule has 8 atom stereocenters. The molecule has 0 N–H and O–H groups in total. The van der Waals surface area contributed by atoms with Crippen LogP contribution >= 0.6 is 0 Å². The third-order valence-corrected chi connectivity index (χ3v) is 6.57. The molecule has 2 aliphatic heterocycles. The Kier molecular flexibility index (Phi) is 10.3. The van der Waals surface area contributed by atoms with E-state index < -0.39 is 36.5 Å². The van der Waals surface area contributed by atoms with Crippen LogP contribution in [0.2, 0.25) is 0 Å². The molecular weight excluding hydrogens is 431 g/mol. The van der Waals surface area contributed by atoms with Crippen molar-refractivity contribution < 1.29 is 38.1 Å². The molecule has 0 saturated carbocycles. The third-order valence-electron chi connectivity index (χ3n) is 6.57. The van der Waals surface area contributed by atoms with Crippen molar-refractivity contribution in [3.05, 3.63) is 12.7 Å². The molecule has 2 fully saturated rings. The van der Waals surface area contributed by atoms with Gasteiger partial charge in [0.05, 0.1) is 0 Å². The van der Waals surface area contributed by atoms with Crippen molar-refractivity contribution in [2.24, 2.45) is 11.0 Å². The van der Waals surface area contributed by atoms with E-state index in [1.165, 1.54) is 0 Å². The van der Waals surface area contributed by atoms with E-state index >= 15 is 0 Å². The van der Waals surface area contributed by atoms with Gasteiger partial charge in [0.2, 0.25) is 0 Å². The van der Waals surface area contributed by atoms with Gasteiger partial charge >= 0.3 is 178 Å². The van der Waals surface area contributed by atoms with Crippen LogP contribution in [0.3, 0.4) is 0 Å². The van der Waals surface area contributed by atoms with Gasteiger partial charge in [0.15, 0.2) is 0 Å². The number of amides is 1. The van der Waals surface area contributed by atoms with Crippen LogP contribution in [0.25, 0.3) is 0 Å². The maximum absolute atomic E-state index is 12.6. The van der Waals surface area contributed by atoms with Crippen LogP contribution < -0.4 is 0 Å². The number of rotatable bonds is 10. The van der Waals surface area contributed by atoms with E-state index in [2.05, 4.69) is 18.6 Å². The van der Waals surface area contributed by atoms with E-state index in [1.54, 1.807) is 25.2 Å². The molecule has 0 aromatic rings. The van der Waals surface area contributed by atoms with Crippen molar-refractivity contribution in [3.8, 4) is 0 Å². The van der Waals surface area contributed by atoms with Crippen molar-refractivity contribution in [3.63, 3.8) is 0 Å². The second kappa shape index (κ2) is 12.3. The van der Waals surface area contributed by atoms with Crippen LogP contribution in [-0.2, 0) is 33.3 Å². The van der Waals surface area contributed by atoms with E-state index in [4.69, 9.17) is 40.9 Å². The SMILES string of the molecule is [B]=NOC1OC(C)C(C)(OC)C(OC)C1OC1CC(C)C(N(C(=O)OCC=C)C(C)C)CO1. The molecule has 2 saturated heterocycles. The molecule has 0 aromatic carbocycles. The van der Waals surface area contributed by atoms with Crippen LogP contribution in [0.4, 0.5) is 4.79 Å². The Hall–Kier alpha value is -1.53. The first-order valence-electron chi connectivity index (χ1n) is 11.3. The summed E-state index contributed by atoms with van der Waals surface area (Å²) in [4.78, 5) is 19.6. The molecule has 2 aliphatic rings. The zero-order valence-corrected chi connectivity index (χ0v) is 20.8. The zero-order valence-electron chi connectivity index (χ0n) is 20.8. The van der Waals surface area contributed by atoms with Gasteiger partial charge in [-0.25, -0.2) is 0 Å². The Morgan fingerprint density at radius 2 is 2.06 bits per heavy atom. The minimum absolute atomic E-state index is 0.0618. The van der Waals surface area contributed by atoms with Gasteiger partial charge < -0.3 is 0 Å². The normalized spacial score (nSPS) is 36.8. The second-order valence-corrected chi connectivity index (χ2v) is 8.91. The molecule has 10 nitrogen and oxygen atoms in total. The van der Waals surface area contributed by atoms with E-state index in [0.717, 1.165) is 0 Å². The summed E-state index contributed by atoms with van der Waals surface area (Å²) in [5, 5.41) is 3.29. The molecular formula is C22H38BN2O8. The second-order valence-electron chi connectivity index (χ2n) is 8.91. The fraction of sp³-hybridized carbons (Fsp3) is 0.864. The monoisotopic (exact) mass is 469 g/mol. The number of carbonyl (C=O) groups excluding carboxylic acids is 1. The molecule has 1 amide bonds. The first-order valence-corrected chi connectivity index (χ1v) is 11.3. The average molecular weight is 469 g/mol. The van der Waals surface area contributed by atoms with Gasteiger partial charge in [-0.2, -0.15) is 0 Å². The number of ether oxygens (including phenoxy) is 6. The number of hydrogen-bond donors (Lipinski definition) is 0. The van der Waals surface area contributed by atoms with Crippen molar-refractivity contribution in [1.29, 1.82) is 0 Å². The summed E-state index contributed by atoms with van der Waals surface area (Å²) in [7, 11) is 8.42. The van der Waals surface area contributed by atoms with Gasteiger partial charge in [-0.15, -0.1) is 0 Å². The fourth-order valence-corrected chi connectivity index (χ4v) is 4.50. The Morgan fingerprint density at radius 1 is 1.36 bits per heavy atom. The van der Waals surface area contributed by atoms with Gasteiger partial charge in [0.25, 0.3) is 0 Å². The van der Waals surface area contributed by atoms with E-state index in [9.17, 15) is 4.79 Å². The number of nitrogens with zero attached hydrogens (tertiary/aromatic N) is 2. The summed E-state index contributed by atoms with van der Waals surface area (Å²) in [5.74, 6) is 0.0687. The predicted octanol–water partition coefficient (Wildman–Crippen LogP) is 2.60. The van der Waals surface area contributed by atoms with Gasteiger partial charge in [0.1, 0.15) is 6.61 Å². The van der Waals surface area contributed by atoms with Gasteiger partial charge in [-0.1, -0.05) is 12.7 Å². The number of methoxy groups -OCH3 is 2. The molecule has 0 aromatic heterocycles. The van der Waals surface area contributed by atoms with Crippen LogP contribution in [0.5, 0.6) is 0 Å². The van der Waals surface area contributed by atoms with Crippen LogP contribution in [-0.4, -0.2) is 94.6 Å². The van der Waals surface area contributed by atoms with Crippen molar-refractivity contribution in [1.82, 2.24) is 4.90 Å². The van der Waals surface area contributed by atoms with Crippen LogP contribution in [0.15, 0.2) is 17.7 Å². The third kappa shape index (κ3) is 6.13. The van der Waals surface area contributed by atoms with Crippen molar-refractivity contribution >= 4 is 13.7 Å². The average Bonchev–Trinajstić information content (AvgIpc) is 2.77. The Bertz CT molecular complexity index is 668. The summed E-state index contributed by atoms with van der Waals surface area (Å²) in [6, 6.07) is -0.230. The first-order chi connectivity index (χ1) is 15.6. The molecule has 1 radical (unpaired) electrons. The molecule has 0 spiro atoms. The van der Waals surface area contributed by atoms with Gasteiger partial charge in [0, 0.05) is 0 Å². The van der Waals surface area contributed by atoms with E-state index in [-0.39, 0.29) is 37.3 Å². The summed E-state index contributed by atoms with van der Waals surface area (Å²) in [5.41, 5.74) is -0.806. The molecule has 0 aliphatic carbocycles. The minimum atomic E-state index is -0.907. The summed E-state index contributed by atoms with van der Waals surface area (Å²) in [6.07, 6.45) is -1.47. The molecule has 187 valence electrons. The predicted molar refractivity (Wildman–Crippen MR) is 121 cm³/mol. The topological polar surface area (TPSA) is 97.3 Å². The fourth-order valence-electron chi connectivity index (χ4n) is 4.50. The molecule has 2 rings (SSSR count). The van der Waals surface area contributed by atoms with Crippen molar-refractivity contribution in [2.45, 2.75) is 89.6 Å². The molecule has 11 heteroatoms. The summed E-state index contributed by atoms with van der Waals surface area (Å²) in [6.45, 7) is 13.7. The molecule has 0 bridgehead atoms. The number of carbonyl (C=O) groups is 1. The summed E-state index contributed by atoms with van der Waals surface area (Å²) >= 11 is 0. The maximum atomic E-state index is 12.6. The van der Waals surface area contributed by atoms with E-state index in [0.29, 0.717) is 6.42 Å². The van der Waals surface area contributed by atoms with Gasteiger partial charge in [-0.05, 0) is 0 Å². The van der Waals surface area contributed by atoms with Crippen LogP contribution in [0, 0.1) is 5.92 Å². The quantitative estimate of drug-likeness (QED) is 0.274. The van der Waals surface area contributed by atoms with Crippen LogP contribution in [0.1, 0.15) is 41.0 Å². The van der Waals surface area contributed by atoms with Gasteiger partial charge in [-0.3, -0.25) is 0 Å². The standard InChI is InChI=1S/C22H38BN2O8/c1-9-10-29-21(26)25(13(2)3)16-12-30-17(11-14(16)4)32-18-19(27-7)22(6,28-8)15(5)31-20(18)33-24-23/h9,13-20H,1,10-12H2,2-8H3. The molecule has 8 unspecified atom stereocenters. The Labute approximate surface area is 197 Å². The van der Waals surface area contributed by atoms with E-state index in [1.807, 2.05) is 27.7 Å². The number of hydrogen-bond acceptors (Lipinski definition) is 9. The Balaban J connectivity index is 2.15. The molecule has 33 heavy (non-hydrogen) atoms. The molecule has 2 heterocycles. The summed E-state index contributed by atoms with van der Waals surface area (Å²) < 4.78 is 35.1. The zero-order chi connectivity index (χ0) is 24.8. The Morgan fingerprint density at radius 3 is 2.58 bits per heavy atom.